The molecule has 1 N–H and O–H groups in total. The molecule has 0 aliphatic rings. The normalized spacial score (nSPS) is 9.78. The van der Waals surface area contributed by atoms with Gasteiger partial charge in [-0.05, 0) is 29.8 Å². The van der Waals surface area contributed by atoms with Crippen LogP contribution < -0.4 is 103 Å². The predicted octanol–water partition coefficient (Wildman–Crippen LogP) is 1.25. The molecule has 120 valence electrons. The van der Waals surface area contributed by atoms with Crippen molar-refractivity contribution < 1.29 is 107 Å². The molecule has 4 rings (SSSR count). The summed E-state index contributed by atoms with van der Waals surface area (Å²) < 4.78 is 6.20. The van der Waals surface area contributed by atoms with Gasteiger partial charge in [0, 0.05) is 5.56 Å². The third-order valence-corrected chi connectivity index (χ3v) is 4.13. The molecule has 0 aliphatic carbocycles. The Morgan fingerprint density at radius 1 is 0.481 bits per heavy atom. The molecule has 4 aromatic rings. The molecule has 0 aliphatic heterocycles. The van der Waals surface area contributed by atoms with Gasteiger partial charge in [0.2, 0.25) is 0 Å². The summed E-state index contributed by atoms with van der Waals surface area (Å²) in [5, 5.41) is 0. The van der Waals surface area contributed by atoms with Crippen LogP contribution in [0.2, 0.25) is 0 Å². The molecule has 0 radical (unpaired) electrons. The van der Waals surface area contributed by atoms with E-state index in [1.807, 2.05) is 84.9 Å². The van der Waals surface area contributed by atoms with Crippen LogP contribution in [0.4, 0.5) is 5.69 Å². The second kappa shape index (κ2) is 11.2. The third kappa shape index (κ3) is 5.93. The van der Waals surface area contributed by atoms with Gasteiger partial charge in [-0.25, -0.2) is 4.42 Å². The second-order valence-electron chi connectivity index (χ2n) is 5.88. The van der Waals surface area contributed by atoms with Gasteiger partial charge in [-0.2, -0.15) is 0 Å². The van der Waals surface area contributed by atoms with Gasteiger partial charge in [-0.15, -0.1) is 5.69 Å². The monoisotopic (exact) mass is 401 g/mol. The van der Waals surface area contributed by atoms with Crippen molar-refractivity contribution in [2.75, 3.05) is 0 Å². The van der Waals surface area contributed by atoms with Gasteiger partial charge in [0.05, 0.1) is 23.3 Å². The van der Waals surface area contributed by atoms with Gasteiger partial charge in [0.15, 0.2) is 0 Å². The molecular formula is C23H17K2NO+2. The Morgan fingerprint density at radius 3 is 1.37 bits per heavy atom. The van der Waals surface area contributed by atoms with Crippen molar-refractivity contribution in [1.82, 2.24) is 0 Å². The number of rotatable bonds is 3. The topological polar surface area (TPSA) is 35.1 Å². The number of nitrogens with one attached hydrogen (secondary N) is 1. The SMILES string of the molecule is [K+].[K+].[NH-]c1ccc(-c2cc(-c3ccccc3)[o+]c(-c3ccccc3)c2)cc1. The van der Waals surface area contributed by atoms with E-state index < -0.39 is 0 Å². The number of benzene rings is 3. The largest absolute Gasteiger partial charge is 1.00 e. The maximum atomic E-state index is 7.69. The Labute approximate surface area is 245 Å². The molecule has 27 heavy (non-hydrogen) atoms. The number of hydrogen-bond acceptors (Lipinski definition) is 0. The molecule has 0 spiro atoms. The van der Waals surface area contributed by atoms with Crippen LogP contribution >= 0.6 is 0 Å². The van der Waals surface area contributed by atoms with Crippen molar-refractivity contribution in [3.05, 3.63) is 103 Å². The summed E-state index contributed by atoms with van der Waals surface area (Å²) in [6.07, 6.45) is 0. The van der Waals surface area contributed by atoms with Crippen LogP contribution in [0.1, 0.15) is 0 Å². The van der Waals surface area contributed by atoms with E-state index >= 15 is 0 Å². The maximum absolute atomic E-state index is 7.69. The van der Waals surface area contributed by atoms with E-state index in [0.717, 1.165) is 33.8 Å². The Bertz CT molecular complexity index is 930. The van der Waals surface area contributed by atoms with Crippen molar-refractivity contribution in [3.63, 3.8) is 0 Å². The van der Waals surface area contributed by atoms with Crippen LogP contribution in [0.5, 0.6) is 0 Å². The van der Waals surface area contributed by atoms with E-state index in [2.05, 4.69) is 12.1 Å². The van der Waals surface area contributed by atoms with Crippen LogP contribution in [-0.2, 0) is 0 Å². The van der Waals surface area contributed by atoms with Gasteiger partial charge in [-0.3, -0.25) is 0 Å². The average Bonchev–Trinajstić information content (AvgIpc) is 2.69. The first-order chi connectivity index (χ1) is 12.3. The maximum Gasteiger partial charge on any atom is 1.00 e. The van der Waals surface area contributed by atoms with Gasteiger partial charge in [0.25, 0.3) is 0 Å². The molecule has 1 heterocycles. The Hall–Kier alpha value is -0.117. The van der Waals surface area contributed by atoms with Crippen molar-refractivity contribution in [2.45, 2.75) is 0 Å². The van der Waals surface area contributed by atoms with Gasteiger partial charge in [0.1, 0.15) is 0 Å². The predicted molar refractivity (Wildman–Crippen MR) is 103 cm³/mol. The summed E-state index contributed by atoms with van der Waals surface area (Å²) in [7, 11) is 0. The summed E-state index contributed by atoms with van der Waals surface area (Å²) in [4.78, 5) is 0. The van der Waals surface area contributed by atoms with Crippen molar-refractivity contribution in [3.8, 4) is 33.8 Å². The van der Waals surface area contributed by atoms with Gasteiger partial charge >= 0.3 is 114 Å². The molecular weight excluding hydrogens is 384 g/mol. The molecule has 0 atom stereocenters. The summed E-state index contributed by atoms with van der Waals surface area (Å²) in [6.45, 7) is 0. The van der Waals surface area contributed by atoms with Crippen LogP contribution in [0.3, 0.4) is 0 Å². The minimum Gasteiger partial charge on any atom is -0.699 e. The van der Waals surface area contributed by atoms with Crippen molar-refractivity contribution in [2.24, 2.45) is 0 Å². The summed E-state index contributed by atoms with van der Waals surface area (Å²) in [5.74, 6) is 1.65. The number of hydrogen-bond donors (Lipinski definition) is 0. The minimum atomic E-state index is 0. The first-order valence-electron chi connectivity index (χ1n) is 8.21. The van der Waals surface area contributed by atoms with Crippen LogP contribution in [0.25, 0.3) is 39.5 Å². The molecule has 0 saturated heterocycles. The van der Waals surface area contributed by atoms with E-state index in [0.29, 0.717) is 5.69 Å². The first-order valence-corrected chi connectivity index (χ1v) is 8.21. The first kappa shape index (κ1) is 23.2. The van der Waals surface area contributed by atoms with E-state index in [1.165, 1.54) is 0 Å². The molecule has 4 heteroatoms. The zero-order valence-electron chi connectivity index (χ0n) is 15.6. The second-order valence-corrected chi connectivity index (χ2v) is 5.88. The van der Waals surface area contributed by atoms with Crippen molar-refractivity contribution >= 4 is 5.69 Å². The fourth-order valence-electron chi connectivity index (χ4n) is 2.82. The standard InChI is InChI=1S/C23H17NO.2K/c24-21-13-11-17(12-14-21)20-15-22(18-7-3-1-4-8-18)25-23(16-20)19-9-5-2-6-10-19;;/h1-16,24H;;/q;2*+1. The molecule has 3 aromatic carbocycles. The van der Waals surface area contributed by atoms with E-state index in [9.17, 15) is 0 Å². The fraction of sp³-hybridized carbons (Fsp3) is 0. The van der Waals surface area contributed by atoms with E-state index in [1.54, 1.807) is 0 Å². The van der Waals surface area contributed by atoms with Crippen molar-refractivity contribution in [1.29, 1.82) is 0 Å². The third-order valence-electron chi connectivity index (χ3n) is 4.13. The molecule has 2 nitrogen and oxygen atoms in total. The smallest absolute Gasteiger partial charge is 0.699 e. The minimum absolute atomic E-state index is 0. The van der Waals surface area contributed by atoms with Gasteiger partial charge < -0.3 is 5.73 Å². The average molecular weight is 402 g/mol. The fourth-order valence-corrected chi connectivity index (χ4v) is 2.82. The Morgan fingerprint density at radius 2 is 0.926 bits per heavy atom. The summed E-state index contributed by atoms with van der Waals surface area (Å²) in [6, 6.07) is 31.9. The van der Waals surface area contributed by atoms with Crippen LogP contribution in [0, 0.1) is 0 Å². The summed E-state index contributed by atoms with van der Waals surface area (Å²) in [5.41, 5.74) is 12.4. The molecule has 0 unspecified atom stereocenters. The molecule has 0 amide bonds. The van der Waals surface area contributed by atoms with Gasteiger partial charge in [-0.1, -0.05) is 60.7 Å². The Kier molecular flexibility index (Phi) is 9.58. The van der Waals surface area contributed by atoms with Crippen LogP contribution in [0.15, 0.2) is 101 Å². The van der Waals surface area contributed by atoms with Crippen LogP contribution in [-0.4, -0.2) is 0 Å². The summed E-state index contributed by atoms with van der Waals surface area (Å²) >= 11 is 0. The van der Waals surface area contributed by atoms with E-state index in [4.69, 9.17) is 10.2 Å². The molecule has 0 saturated carbocycles. The quantitative estimate of drug-likeness (QED) is 0.376. The zero-order valence-corrected chi connectivity index (χ0v) is 21.9. The zero-order chi connectivity index (χ0) is 17.1. The van der Waals surface area contributed by atoms with E-state index in [-0.39, 0.29) is 103 Å². The molecule has 0 fully saturated rings. The molecule has 0 bridgehead atoms. The Balaban J connectivity index is 0.00000131. The molecule has 1 aromatic heterocycles.